The molecule has 0 bridgehead atoms. The number of anilines is 1. The zero-order chi connectivity index (χ0) is 14.8. The van der Waals surface area contributed by atoms with Gasteiger partial charge in [0.25, 0.3) is 15.7 Å². The van der Waals surface area contributed by atoms with Gasteiger partial charge in [0.2, 0.25) is 0 Å². The van der Waals surface area contributed by atoms with Crippen molar-refractivity contribution in [2.24, 2.45) is 0 Å². The predicted octanol–water partition coefficient (Wildman–Crippen LogP) is 2.70. The highest BCUT2D eigenvalue weighted by Crippen LogP contribution is 2.20. The average Bonchev–Trinajstić information content (AvgIpc) is 2.41. The van der Waals surface area contributed by atoms with E-state index in [1.807, 2.05) is 6.92 Å². The minimum absolute atomic E-state index is 0.146. The number of sulfonamides is 1. The number of rotatable bonds is 4. The summed E-state index contributed by atoms with van der Waals surface area (Å²) in [6, 6.07) is 11.7. The molecule has 0 fully saturated rings. The first-order chi connectivity index (χ1) is 9.38. The molecule has 0 spiro atoms. The van der Waals surface area contributed by atoms with E-state index in [9.17, 15) is 18.5 Å². The number of hydrogen-bond acceptors (Lipinski definition) is 4. The smallest absolute Gasteiger partial charge is 0.270 e. The summed E-state index contributed by atoms with van der Waals surface area (Å²) in [7, 11) is -3.84. The van der Waals surface area contributed by atoms with Gasteiger partial charge in [-0.05, 0) is 25.1 Å². The summed E-state index contributed by atoms with van der Waals surface area (Å²) in [5.41, 5.74) is 1.14. The molecule has 0 heterocycles. The molecule has 2 rings (SSSR count). The van der Waals surface area contributed by atoms with Crippen molar-refractivity contribution in [2.45, 2.75) is 11.8 Å². The van der Waals surface area contributed by atoms with Gasteiger partial charge in [-0.1, -0.05) is 23.8 Å². The van der Waals surface area contributed by atoms with Gasteiger partial charge in [-0.25, -0.2) is 8.42 Å². The third-order valence-corrected chi connectivity index (χ3v) is 4.02. The van der Waals surface area contributed by atoms with Gasteiger partial charge >= 0.3 is 0 Å². The number of benzene rings is 2. The molecule has 0 amide bonds. The Labute approximate surface area is 116 Å². The molecule has 0 aliphatic rings. The summed E-state index contributed by atoms with van der Waals surface area (Å²) in [6.07, 6.45) is 0. The van der Waals surface area contributed by atoms with Gasteiger partial charge in [-0.15, -0.1) is 0 Å². The summed E-state index contributed by atoms with van der Waals surface area (Å²) in [5, 5.41) is 10.7. The van der Waals surface area contributed by atoms with Crippen LogP contribution in [0.1, 0.15) is 5.56 Å². The third kappa shape index (κ3) is 3.12. The summed E-state index contributed by atoms with van der Waals surface area (Å²) in [5.74, 6) is 0. The Hall–Kier alpha value is -2.41. The van der Waals surface area contributed by atoms with Crippen LogP contribution in [0.5, 0.6) is 0 Å². The largest absolute Gasteiger partial charge is 0.280 e. The quantitative estimate of drug-likeness (QED) is 0.693. The molecule has 0 unspecified atom stereocenters. The van der Waals surface area contributed by atoms with Crippen LogP contribution in [0.25, 0.3) is 0 Å². The predicted molar refractivity (Wildman–Crippen MR) is 75.1 cm³/mol. The fraction of sp³-hybridized carbons (Fsp3) is 0.0769. The van der Waals surface area contributed by atoms with Gasteiger partial charge in [-0.3, -0.25) is 14.8 Å². The van der Waals surface area contributed by atoms with Gasteiger partial charge in [0, 0.05) is 17.8 Å². The average molecular weight is 292 g/mol. The number of aryl methyl sites for hydroxylation is 1. The number of nitro groups is 1. The van der Waals surface area contributed by atoms with Crippen molar-refractivity contribution < 1.29 is 13.3 Å². The van der Waals surface area contributed by atoms with Crippen LogP contribution in [0.2, 0.25) is 0 Å². The van der Waals surface area contributed by atoms with Crippen LogP contribution < -0.4 is 4.72 Å². The third-order valence-electron chi connectivity index (χ3n) is 2.64. The van der Waals surface area contributed by atoms with E-state index in [4.69, 9.17) is 0 Å². The van der Waals surface area contributed by atoms with E-state index in [0.717, 1.165) is 11.6 Å². The van der Waals surface area contributed by atoms with Gasteiger partial charge < -0.3 is 0 Å². The second kappa shape index (κ2) is 5.30. The normalized spacial score (nSPS) is 11.1. The number of hydrogen-bond donors (Lipinski definition) is 1. The Morgan fingerprint density at radius 2 is 1.75 bits per heavy atom. The Bertz CT molecular complexity index is 739. The molecule has 0 atom stereocenters. The van der Waals surface area contributed by atoms with Crippen LogP contribution in [0.4, 0.5) is 11.4 Å². The molecular weight excluding hydrogens is 280 g/mol. The number of nitro benzene ring substituents is 1. The van der Waals surface area contributed by atoms with Crippen molar-refractivity contribution in [3.8, 4) is 0 Å². The van der Waals surface area contributed by atoms with E-state index >= 15 is 0 Å². The van der Waals surface area contributed by atoms with E-state index < -0.39 is 14.9 Å². The minimum atomic E-state index is -3.84. The Morgan fingerprint density at radius 1 is 1.10 bits per heavy atom. The molecule has 7 heteroatoms. The SMILES string of the molecule is Cc1ccc(NS(=O)(=O)c2cccc([N+](=O)[O-])c2)cc1. The summed E-state index contributed by atoms with van der Waals surface area (Å²) >= 11 is 0. The van der Waals surface area contributed by atoms with Crippen LogP contribution in [-0.2, 0) is 10.0 Å². The molecule has 0 aliphatic carbocycles. The lowest BCUT2D eigenvalue weighted by atomic mass is 10.2. The lowest BCUT2D eigenvalue weighted by molar-refractivity contribution is -0.385. The van der Waals surface area contributed by atoms with Gasteiger partial charge in [0.05, 0.1) is 9.82 Å². The molecule has 0 aromatic heterocycles. The van der Waals surface area contributed by atoms with Crippen LogP contribution in [-0.4, -0.2) is 13.3 Å². The lowest BCUT2D eigenvalue weighted by Crippen LogP contribution is -2.13. The second-order valence-electron chi connectivity index (χ2n) is 4.23. The Morgan fingerprint density at radius 3 is 2.35 bits per heavy atom. The standard InChI is InChI=1S/C13H12N2O4S/c1-10-5-7-11(8-6-10)14-20(18,19)13-4-2-3-12(9-13)15(16)17/h2-9,14H,1H3. The van der Waals surface area contributed by atoms with E-state index in [1.165, 1.54) is 18.2 Å². The summed E-state index contributed by atoms with van der Waals surface area (Å²) < 4.78 is 26.6. The van der Waals surface area contributed by atoms with Crippen molar-refractivity contribution in [3.63, 3.8) is 0 Å². The van der Waals surface area contributed by atoms with Crippen molar-refractivity contribution >= 4 is 21.4 Å². The second-order valence-corrected chi connectivity index (χ2v) is 5.91. The molecule has 20 heavy (non-hydrogen) atoms. The first-order valence-electron chi connectivity index (χ1n) is 5.72. The van der Waals surface area contributed by atoms with Crippen LogP contribution >= 0.6 is 0 Å². The highest BCUT2D eigenvalue weighted by atomic mass is 32.2. The summed E-state index contributed by atoms with van der Waals surface area (Å²) in [6.45, 7) is 1.89. The number of nitrogens with zero attached hydrogens (tertiary/aromatic N) is 1. The van der Waals surface area contributed by atoms with Gasteiger partial charge in [0.1, 0.15) is 0 Å². The molecule has 2 aromatic carbocycles. The lowest BCUT2D eigenvalue weighted by Gasteiger charge is -2.08. The fourth-order valence-electron chi connectivity index (χ4n) is 1.60. The summed E-state index contributed by atoms with van der Waals surface area (Å²) in [4.78, 5) is 9.89. The first-order valence-corrected chi connectivity index (χ1v) is 7.21. The Balaban J connectivity index is 2.33. The van der Waals surface area contributed by atoms with Crippen LogP contribution in [0.15, 0.2) is 53.4 Å². The molecule has 0 saturated heterocycles. The zero-order valence-corrected chi connectivity index (χ0v) is 11.4. The van der Waals surface area contributed by atoms with Crippen molar-refractivity contribution in [1.29, 1.82) is 0 Å². The van der Waals surface area contributed by atoms with Gasteiger partial charge in [-0.2, -0.15) is 0 Å². The van der Waals surface area contributed by atoms with Crippen molar-refractivity contribution in [2.75, 3.05) is 4.72 Å². The maximum absolute atomic E-state index is 12.1. The molecule has 0 radical (unpaired) electrons. The van der Waals surface area contributed by atoms with E-state index in [-0.39, 0.29) is 10.6 Å². The number of nitrogens with one attached hydrogen (secondary N) is 1. The molecule has 104 valence electrons. The molecule has 0 aliphatic heterocycles. The zero-order valence-electron chi connectivity index (χ0n) is 10.6. The van der Waals surface area contributed by atoms with E-state index in [0.29, 0.717) is 5.69 Å². The van der Waals surface area contributed by atoms with Crippen molar-refractivity contribution in [1.82, 2.24) is 0 Å². The Kier molecular flexibility index (Phi) is 3.71. The monoisotopic (exact) mass is 292 g/mol. The maximum atomic E-state index is 12.1. The minimum Gasteiger partial charge on any atom is -0.280 e. The molecule has 1 N–H and O–H groups in total. The number of non-ortho nitro benzene ring substituents is 1. The van der Waals surface area contributed by atoms with Crippen molar-refractivity contribution in [3.05, 3.63) is 64.2 Å². The van der Waals surface area contributed by atoms with E-state index in [1.54, 1.807) is 24.3 Å². The highest BCUT2D eigenvalue weighted by molar-refractivity contribution is 7.92. The molecule has 6 nitrogen and oxygen atoms in total. The first kappa shape index (κ1) is 14.0. The molecule has 0 saturated carbocycles. The molecule has 2 aromatic rings. The van der Waals surface area contributed by atoms with E-state index in [2.05, 4.69) is 4.72 Å². The fourth-order valence-corrected chi connectivity index (χ4v) is 2.70. The highest BCUT2D eigenvalue weighted by Gasteiger charge is 2.17. The van der Waals surface area contributed by atoms with Crippen LogP contribution in [0.3, 0.4) is 0 Å². The maximum Gasteiger partial charge on any atom is 0.270 e. The topological polar surface area (TPSA) is 89.3 Å². The van der Waals surface area contributed by atoms with Gasteiger partial charge in [0.15, 0.2) is 0 Å². The van der Waals surface area contributed by atoms with Crippen LogP contribution in [0, 0.1) is 17.0 Å². The molecular formula is C13H12N2O4S.